The molecule has 16 heavy (non-hydrogen) atoms. The number of hydrogen-bond donors (Lipinski definition) is 2. The van der Waals surface area contributed by atoms with Crippen LogP contribution in [0.1, 0.15) is 31.1 Å². The average Bonchev–Trinajstić information content (AvgIpc) is 2.44. The fraction of sp³-hybridized carbons (Fsp3) is 0.444. The lowest BCUT2D eigenvalue weighted by atomic mass is 10.2. The third-order valence-electron chi connectivity index (χ3n) is 1.51. The highest BCUT2D eigenvalue weighted by molar-refractivity contribution is 5.90. The zero-order chi connectivity index (χ0) is 12.5. The second-order valence-electron chi connectivity index (χ2n) is 4.10. The van der Waals surface area contributed by atoms with Gasteiger partial charge in [-0.15, -0.1) is 5.10 Å². The van der Waals surface area contributed by atoms with Crippen LogP contribution < -0.4 is 0 Å². The molecule has 7 nitrogen and oxygen atoms in total. The minimum atomic E-state index is -1.37. The highest BCUT2D eigenvalue weighted by Crippen LogP contribution is 2.15. The predicted octanol–water partition coefficient (Wildman–Crippen LogP) is 1.07. The Labute approximate surface area is 91.3 Å². The van der Waals surface area contributed by atoms with Crippen LogP contribution in [0.4, 0.5) is 4.79 Å². The van der Waals surface area contributed by atoms with Crippen LogP contribution in [0.3, 0.4) is 0 Å². The second-order valence-corrected chi connectivity index (χ2v) is 4.10. The van der Waals surface area contributed by atoms with Crippen LogP contribution in [-0.2, 0) is 4.74 Å². The van der Waals surface area contributed by atoms with Crippen molar-refractivity contribution in [1.29, 1.82) is 0 Å². The number of aromatic hydroxyl groups is 1. The van der Waals surface area contributed by atoms with Crippen molar-refractivity contribution in [2.24, 2.45) is 0 Å². The third-order valence-corrected chi connectivity index (χ3v) is 1.51. The van der Waals surface area contributed by atoms with Crippen LogP contribution in [0.25, 0.3) is 0 Å². The van der Waals surface area contributed by atoms with Gasteiger partial charge in [-0.1, -0.05) is 0 Å². The van der Waals surface area contributed by atoms with Crippen LogP contribution in [-0.4, -0.2) is 37.7 Å². The molecule has 0 saturated carbocycles. The lowest BCUT2D eigenvalue weighted by molar-refractivity contribution is 0.0512. The molecule has 7 heteroatoms. The zero-order valence-corrected chi connectivity index (χ0v) is 9.09. The molecule has 1 rings (SSSR count). The first kappa shape index (κ1) is 12.0. The average molecular weight is 228 g/mol. The van der Waals surface area contributed by atoms with Gasteiger partial charge in [-0.3, -0.25) is 0 Å². The van der Waals surface area contributed by atoms with Gasteiger partial charge in [0.25, 0.3) is 0 Å². The summed E-state index contributed by atoms with van der Waals surface area (Å²) in [7, 11) is 0. The fourth-order valence-electron chi connectivity index (χ4n) is 0.918. The number of aromatic carboxylic acids is 1. The first-order chi connectivity index (χ1) is 7.20. The molecule has 0 aliphatic rings. The number of carbonyl (C=O) groups excluding carboxylic acids is 1. The van der Waals surface area contributed by atoms with Crippen LogP contribution in [0.2, 0.25) is 0 Å². The maximum Gasteiger partial charge on any atom is 0.435 e. The number of rotatable bonds is 1. The van der Waals surface area contributed by atoms with E-state index in [1.54, 1.807) is 20.8 Å². The molecule has 0 atom stereocenters. The summed E-state index contributed by atoms with van der Waals surface area (Å²) in [6.45, 7) is 4.98. The van der Waals surface area contributed by atoms with Crippen LogP contribution in [0.5, 0.6) is 5.88 Å². The van der Waals surface area contributed by atoms with Gasteiger partial charge in [0.1, 0.15) is 11.2 Å². The lowest BCUT2D eigenvalue weighted by Gasteiger charge is -2.18. The van der Waals surface area contributed by atoms with E-state index in [9.17, 15) is 9.59 Å². The lowest BCUT2D eigenvalue weighted by Crippen LogP contribution is -2.27. The third kappa shape index (κ3) is 2.72. The highest BCUT2D eigenvalue weighted by Gasteiger charge is 2.22. The molecule has 0 amide bonds. The molecule has 0 radical (unpaired) electrons. The fourth-order valence-corrected chi connectivity index (χ4v) is 0.918. The second kappa shape index (κ2) is 3.84. The Bertz CT molecular complexity index is 430. The SMILES string of the molecule is CC(C)(C)OC(=O)n1cc(C(=O)O)c(O)n1. The molecular formula is C9H12N2O5. The molecule has 0 aliphatic carbocycles. The van der Waals surface area contributed by atoms with Gasteiger partial charge in [0.05, 0.1) is 6.20 Å². The van der Waals surface area contributed by atoms with Crippen molar-refractivity contribution in [2.75, 3.05) is 0 Å². The molecule has 0 saturated heterocycles. The van der Waals surface area contributed by atoms with E-state index in [0.29, 0.717) is 4.68 Å². The Morgan fingerprint density at radius 3 is 2.38 bits per heavy atom. The molecule has 0 bridgehead atoms. The van der Waals surface area contributed by atoms with Crippen molar-refractivity contribution in [2.45, 2.75) is 26.4 Å². The molecular weight excluding hydrogens is 216 g/mol. The summed E-state index contributed by atoms with van der Waals surface area (Å²) < 4.78 is 5.57. The molecule has 0 unspecified atom stereocenters. The predicted molar refractivity (Wildman–Crippen MR) is 52.5 cm³/mol. The summed E-state index contributed by atoms with van der Waals surface area (Å²) in [5.41, 5.74) is -1.17. The summed E-state index contributed by atoms with van der Waals surface area (Å²) in [5.74, 6) is -2.09. The number of ether oxygens (including phenoxy) is 1. The van der Waals surface area contributed by atoms with Crippen LogP contribution in [0.15, 0.2) is 6.20 Å². The van der Waals surface area contributed by atoms with Gasteiger partial charge >= 0.3 is 12.1 Å². The summed E-state index contributed by atoms with van der Waals surface area (Å²) >= 11 is 0. The molecule has 0 aliphatic heterocycles. The summed E-state index contributed by atoms with van der Waals surface area (Å²) in [6, 6.07) is 0. The van der Waals surface area contributed by atoms with Gasteiger partial charge in [-0.05, 0) is 20.8 Å². The smallest absolute Gasteiger partial charge is 0.435 e. The normalized spacial score (nSPS) is 11.2. The van der Waals surface area contributed by atoms with Crippen LogP contribution in [0, 0.1) is 0 Å². The Morgan fingerprint density at radius 1 is 1.44 bits per heavy atom. The van der Waals surface area contributed by atoms with Crippen LogP contribution >= 0.6 is 0 Å². The van der Waals surface area contributed by atoms with Gasteiger partial charge < -0.3 is 14.9 Å². The van der Waals surface area contributed by atoms with E-state index >= 15 is 0 Å². The van der Waals surface area contributed by atoms with Gasteiger partial charge in [-0.25, -0.2) is 9.59 Å². The number of nitrogens with zero attached hydrogens (tertiary/aromatic N) is 2. The number of carbonyl (C=O) groups is 2. The Hall–Kier alpha value is -2.05. The monoisotopic (exact) mass is 228 g/mol. The summed E-state index contributed by atoms with van der Waals surface area (Å²) in [5, 5.41) is 21.1. The first-order valence-electron chi connectivity index (χ1n) is 4.46. The largest absolute Gasteiger partial charge is 0.492 e. The van der Waals surface area contributed by atoms with E-state index in [-0.39, 0.29) is 0 Å². The molecule has 1 aromatic heterocycles. The van der Waals surface area contributed by atoms with Crippen molar-refractivity contribution in [3.63, 3.8) is 0 Å². The van der Waals surface area contributed by atoms with Crippen molar-refractivity contribution < 1.29 is 24.5 Å². The van der Waals surface area contributed by atoms with E-state index in [4.69, 9.17) is 14.9 Å². The van der Waals surface area contributed by atoms with E-state index in [0.717, 1.165) is 6.20 Å². The molecule has 2 N–H and O–H groups in total. The summed E-state index contributed by atoms with van der Waals surface area (Å²) in [6.07, 6.45) is 0.0430. The van der Waals surface area contributed by atoms with Gasteiger partial charge in [0.2, 0.25) is 5.88 Å². The topological polar surface area (TPSA) is 102 Å². The van der Waals surface area contributed by atoms with E-state index in [1.807, 2.05) is 0 Å². The minimum Gasteiger partial charge on any atom is -0.492 e. The van der Waals surface area contributed by atoms with E-state index in [2.05, 4.69) is 5.10 Å². The van der Waals surface area contributed by atoms with Crippen molar-refractivity contribution in [3.05, 3.63) is 11.8 Å². The van der Waals surface area contributed by atoms with Gasteiger partial charge in [-0.2, -0.15) is 4.68 Å². The van der Waals surface area contributed by atoms with Crippen molar-refractivity contribution in [1.82, 2.24) is 9.78 Å². The quantitative estimate of drug-likeness (QED) is 0.745. The zero-order valence-electron chi connectivity index (χ0n) is 9.09. The van der Waals surface area contributed by atoms with Gasteiger partial charge in [0.15, 0.2) is 0 Å². The highest BCUT2D eigenvalue weighted by atomic mass is 16.6. The maximum atomic E-state index is 11.4. The Morgan fingerprint density at radius 2 is 2.00 bits per heavy atom. The Kier molecular flexibility index (Phi) is 2.88. The van der Waals surface area contributed by atoms with Crippen molar-refractivity contribution >= 4 is 12.1 Å². The van der Waals surface area contributed by atoms with E-state index < -0.39 is 29.1 Å². The van der Waals surface area contributed by atoms with E-state index in [1.165, 1.54) is 0 Å². The van der Waals surface area contributed by atoms with Gasteiger partial charge in [0, 0.05) is 0 Å². The molecule has 88 valence electrons. The number of carboxylic acid groups (broad SMARTS) is 1. The standard InChI is InChI=1S/C9H12N2O5/c1-9(2,3)16-8(15)11-4-5(7(13)14)6(12)10-11/h4H,1-3H3,(H,10,12)(H,13,14). The molecule has 0 aromatic carbocycles. The first-order valence-corrected chi connectivity index (χ1v) is 4.46. The number of hydrogen-bond acceptors (Lipinski definition) is 5. The number of carboxylic acids is 1. The minimum absolute atomic E-state index is 0.453. The molecule has 0 spiro atoms. The number of aromatic nitrogens is 2. The summed E-state index contributed by atoms with van der Waals surface area (Å²) in [4.78, 5) is 22.0. The molecule has 1 aromatic rings. The van der Waals surface area contributed by atoms with Crippen molar-refractivity contribution in [3.8, 4) is 5.88 Å². The maximum absolute atomic E-state index is 11.4. The molecule has 0 fully saturated rings. The molecule has 1 heterocycles. The Balaban J connectivity index is 2.94.